The number of aromatic nitrogens is 3. The molecule has 2 aromatic heterocycles. The van der Waals surface area contributed by atoms with Crippen LogP contribution in [0.4, 0.5) is 0 Å². The number of rotatable bonds is 5. The van der Waals surface area contributed by atoms with Crippen molar-refractivity contribution in [3.63, 3.8) is 0 Å². The lowest BCUT2D eigenvalue weighted by Crippen LogP contribution is -2.15. The molecule has 0 atom stereocenters. The van der Waals surface area contributed by atoms with Gasteiger partial charge in [0.2, 0.25) is 5.16 Å². The molecule has 0 saturated heterocycles. The summed E-state index contributed by atoms with van der Waals surface area (Å²) in [6.07, 6.45) is -0.120. The molecule has 0 aliphatic heterocycles. The van der Waals surface area contributed by atoms with Crippen LogP contribution in [0.3, 0.4) is 0 Å². The van der Waals surface area contributed by atoms with Gasteiger partial charge < -0.3 is 10.6 Å². The molecule has 0 bridgehead atoms. The Morgan fingerprint density at radius 2 is 2.37 bits per heavy atom. The molecule has 0 spiro atoms. The van der Waals surface area contributed by atoms with Crippen LogP contribution < -0.4 is 5.84 Å². The van der Waals surface area contributed by atoms with Gasteiger partial charge in [-0.1, -0.05) is 17.8 Å². The van der Waals surface area contributed by atoms with Gasteiger partial charge >= 0.3 is 5.97 Å². The van der Waals surface area contributed by atoms with E-state index < -0.39 is 0 Å². The largest absolute Gasteiger partial charge is 0.462 e. The van der Waals surface area contributed by atoms with E-state index in [1.54, 1.807) is 0 Å². The van der Waals surface area contributed by atoms with Crippen molar-refractivity contribution in [2.75, 3.05) is 11.6 Å². The first-order valence-electron chi connectivity index (χ1n) is 5.64. The molecule has 0 saturated carbocycles. The highest BCUT2D eigenvalue weighted by Crippen LogP contribution is 2.25. The van der Waals surface area contributed by atoms with E-state index in [0.29, 0.717) is 11.0 Å². The quantitative estimate of drug-likeness (QED) is 0.514. The van der Waals surface area contributed by atoms with Crippen LogP contribution in [0.25, 0.3) is 10.7 Å². The summed E-state index contributed by atoms with van der Waals surface area (Å²) in [5.41, 5.74) is 0. The van der Waals surface area contributed by atoms with Crippen molar-refractivity contribution < 1.29 is 9.53 Å². The van der Waals surface area contributed by atoms with Crippen LogP contribution in [0.15, 0.2) is 22.7 Å². The van der Waals surface area contributed by atoms with E-state index in [1.165, 1.54) is 27.8 Å². The van der Waals surface area contributed by atoms with Gasteiger partial charge in [0.25, 0.3) is 0 Å². The molecule has 0 fully saturated rings. The Morgan fingerprint density at radius 1 is 1.58 bits per heavy atom. The summed E-state index contributed by atoms with van der Waals surface area (Å²) in [6.45, 7) is 3.62. The van der Waals surface area contributed by atoms with Crippen molar-refractivity contribution >= 4 is 29.1 Å². The van der Waals surface area contributed by atoms with E-state index in [4.69, 9.17) is 10.6 Å². The molecule has 0 unspecified atom stereocenters. The number of nitrogen functional groups attached to an aromatic ring is 1. The Morgan fingerprint density at radius 3 is 3.00 bits per heavy atom. The summed E-state index contributed by atoms with van der Waals surface area (Å²) >= 11 is 2.74. The minimum atomic E-state index is -0.291. The zero-order chi connectivity index (χ0) is 13.8. The van der Waals surface area contributed by atoms with Crippen LogP contribution in [-0.4, -0.2) is 32.7 Å². The highest BCUT2D eigenvalue weighted by atomic mass is 32.2. The topological polar surface area (TPSA) is 83.0 Å². The highest BCUT2D eigenvalue weighted by molar-refractivity contribution is 7.99. The van der Waals surface area contributed by atoms with Crippen LogP contribution in [0.2, 0.25) is 0 Å². The number of hydrogen-bond acceptors (Lipinski definition) is 7. The van der Waals surface area contributed by atoms with E-state index >= 15 is 0 Å². The van der Waals surface area contributed by atoms with Crippen molar-refractivity contribution in [2.24, 2.45) is 0 Å². The van der Waals surface area contributed by atoms with Gasteiger partial charge in [-0.2, -0.15) is 0 Å². The molecule has 0 aliphatic carbocycles. The molecule has 2 N–H and O–H groups in total. The van der Waals surface area contributed by atoms with Gasteiger partial charge in [-0.15, -0.1) is 21.5 Å². The molecule has 0 amide bonds. The summed E-state index contributed by atoms with van der Waals surface area (Å²) in [6, 6.07) is 3.83. The van der Waals surface area contributed by atoms with Gasteiger partial charge in [-0.05, 0) is 25.3 Å². The number of esters is 1. The second kappa shape index (κ2) is 6.07. The van der Waals surface area contributed by atoms with E-state index in [2.05, 4.69) is 10.2 Å². The lowest BCUT2D eigenvalue weighted by Gasteiger charge is -2.07. The number of hydrogen-bond donors (Lipinski definition) is 1. The molecule has 2 heterocycles. The average molecular weight is 298 g/mol. The zero-order valence-corrected chi connectivity index (χ0v) is 12.2. The fourth-order valence-corrected chi connectivity index (χ4v) is 2.71. The number of carbonyl (C=O) groups excluding carboxylic acids is 1. The monoisotopic (exact) mass is 298 g/mol. The Balaban J connectivity index is 2.01. The summed E-state index contributed by atoms with van der Waals surface area (Å²) in [7, 11) is 0. The van der Waals surface area contributed by atoms with Crippen molar-refractivity contribution in [1.29, 1.82) is 0 Å². The Hall–Kier alpha value is -1.54. The van der Waals surface area contributed by atoms with Gasteiger partial charge in [0.1, 0.15) is 0 Å². The summed E-state index contributed by atoms with van der Waals surface area (Å²) in [5.74, 6) is 6.37. The maximum atomic E-state index is 11.4. The molecular weight excluding hydrogens is 284 g/mol. The van der Waals surface area contributed by atoms with Crippen LogP contribution in [0, 0.1) is 0 Å². The normalized spacial score (nSPS) is 10.9. The van der Waals surface area contributed by atoms with E-state index in [0.717, 1.165) is 4.88 Å². The van der Waals surface area contributed by atoms with Crippen LogP contribution in [-0.2, 0) is 9.53 Å². The van der Waals surface area contributed by atoms with Crippen LogP contribution in [0.1, 0.15) is 13.8 Å². The molecule has 2 aromatic rings. The first-order valence-corrected chi connectivity index (χ1v) is 7.51. The number of thiophene rings is 1. The van der Waals surface area contributed by atoms with Crippen LogP contribution in [0.5, 0.6) is 0 Å². The fourth-order valence-electron chi connectivity index (χ4n) is 1.37. The molecule has 0 aromatic carbocycles. The number of thioether (sulfide) groups is 1. The van der Waals surface area contributed by atoms with Crippen LogP contribution >= 0.6 is 23.1 Å². The standard InChI is InChI=1S/C11H14N4O2S2/c1-7(2)17-9(16)6-19-11-14-13-10(15(11)12)8-4-3-5-18-8/h3-5,7H,6,12H2,1-2H3. The Labute approximate surface area is 118 Å². The molecule has 0 radical (unpaired) electrons. The van der Waals surface area contributed by atoms with Crippen molar-refractivity contribution in [1.82, 2.24) is 14.9 Å². The van der Waals surface area contributed by atoms with Crippen molar-refractivity contribution in [3.8, 4) is 10.7 Å². The third-order valence-corrected chi connectivity index (χ3v) is 3.87. The van der Waals surface area contributed by atoms with Crippen molar-refractivity contribution in [2.45, 2.75) is 25.1 Å². The van der Waals surface area contributed by atoms with Gasteiger partial charge in [-0.25, -0.2) is 4.68 Å². The summed E-state index contributed by atoms with van der Waals surface area (Å²) < 4.78 is 6.42. The predicted molar refractivity (Wildman–Crippen MR) is 75.4 cm³/mol. The van der Waals surface area contributed by atoms with Gasteiger partial charge in [-0.3, -0.25) is 4.79 Å². The first-order chi connectivity index (χ1) is 9.08. The number of ether oxygens (including phenoxy) is 1. The molecule has 6 nitrogen and oxygen atoms in total. The molecule has 8 heteroatoms. The lowest BCUT2D eigenvalue weighted by molar-refractivity contribution is -0.144. The molecule has 19 heavy (non-hydrogen) atoms. The fraction of sp³-hybridized carbons (Fsp3) is 0.364. The Bertz CT molecular complexity index is 551. The second-order valence-electron chi connectivity index (χ2n) is 3.98. The Kier molecular flexibility index (Phi) is 4.43. The second-order valence-corrected chi connectivity index (χ2v) is 5.87. The van der Waals surface area contributed by atoms with E-state index in [9.17, 15) is 4.79 Å². The minimum Gasteiger partial charge on any atom is -0.462 e. The maximum absolute atomic E-state index is 11.4. The molecule has 2 rings (SSSR count). The summed E-state index contributed by atoms with van der Waals surface area (Å²) in [4.78, 5) is 12.4. The molecule has 0 aliphatic rings. The first kappa shape index (κ1) is 13.9. The van der Waals surface area contributed by atoms with E-state index in [-0.39, 0.29) is 17.8 Å². The highest BCUT2D eigenvalue weighted by Gasteiger charge is 2.15. The molecular formula is C11H14N4O2S2. The number of carbonyl (C=O) groups is 1. The average Bonchev–Trinajstić information content (AvgIpc) is 2.95. The zero-order valence-electron chi connectivity index (χ0n) is 10.6. The van der Waals surface area contributed by atoms with Crippen molar-refractivity contribution in [3.05, 3.63) is 17.5 Å². The van der Waals surface area contributed by atoms with Gasteiger partial charge in [0.15, 0.2) is 5.82 Å². The third-order valence-electron chi connectivity index (χ3n) is 2.09. The third kappa shape index (κ3) is 3.48. The smallest absolute Gasteiger partial charge is 0.316 e. The SMILES string of the molecule is CC(C)OC(=O)CSc1nnc(-c2cccs2)n1N. The minimum absolute atomic E-state index is 0.120. The predicted octanol–water partition coefficient (Wildman–Crippen LogP) is 1.76. The lowest BCUT2D eigenvalue weighted by atomic mass is 10.4. The number of nitrogens with zero attached hydrogens (tertiary/aromatic N) is 3. The molecule has 102 valence electrons. The number of nitrogens with two attached hydrogens (primary N) is 1. The summed E-state index contributed by atoms with van der Waals surface area (Å²) in [5, 5.41) is 10.4. The van der Waals surface area contributed by atoms with Gasteiger partial charge in [0.05, 0.1) is 16.7 Å². The van der Waals surface area contributed by atoms with Gasteiger partial charge in [0, 0.05) is 0 Å². The maximum Gasteiger partial charge on any atom is 0.316 e. The van der Waals surface area contributed by atoms with E-state index in [1.807, 2.05) is 31.4 Å².